The monoisotopic (exact) mass is 410 g/mol. The van der Waals surface area contributed by atoms with Crippen molar-refractivity contribution in [2.75, 3.05) is 31.6 Å². The van der Waals surface area contributed by atoms with Gasteiger partial charge in [-0.25, -0.2) is 17.6 Å². The first-order valence-corrected chi connectivity index (χ1v) is 9.61. The van der Waals surface area contributed by atoms with Gasteiger partial charge in [0.25, 0.3) is 15.9 Å². The van der Waals surface area contributed by atoms with Crippen LogP contribution in [0.5, 0.6) is 0 Å². The van der Waals surface area contributed by atoms with Crippen molar-refractivity contribution < 1.29 is 31.9 Å². The predicted molar refractivity (Wildman–Crippen MR) is 98.8 cm³/mol. The topological polar surface area (TPSA) is 111 Å². The van der Waals surface area contributed by atoms with Crippen molar-refractivity contribution in [3.05, 3.63) is 59.9 Å². The molecule has 2 aromatic carbocycles. The van der Waals surface area contributed by atoms with Crippen molar-refractivity contribution in [2.24, 2.45) is 0 Å². The normalized spacial score (nSPS) is 10.9. The van der Waals surface area contributed by atoms with E-state index in [1.165, 1.54) is 37.4 Å². The van der Waals surface area contributed by atoms with E-state index in [4.69, 9.17) is 9.47 Å². The van der Waals surface area contributed by atoms with Crippen LogP contribution in [-0.2, 0) is 24.3 Å². The standard InChI is InChI=1S/C18H19FN2O6S/c1-26-10-9-20-17(22)12-27-18(23)13-3-2-4-16(11-13)28(24,25)21-15-7-5-14(19)6-8-15/h2-8,11,21H,9-10,12H2,1H3,(H,20,22). The number of sulfonamides is 1. The molecule has 2 rings (SSSR count). The average molecular weight is 410 g/mol. The van der Waals surface area contributed by atoms with Crippen LogP contribution in [0, 0.1) is 5.82 Å². The van der Waals surface area contributed by atoms with E-state index >= 15 is 0 Å². The molecule has 0 aliphatic rings. The van der Waals surface area contributed by atoms with Gasteiger partial charge < -0.3 is 14.8 Å². The van der Waals surface area contributed by atoms with Gasteiger partial charge in [0, 0.05) is 19.3 Å². The molecule has 0 aliphatic carbocycles. The second-order valence-corrected chi connectivity index (χ2v) is 7.24. The molecule has 8 nitrogen and oxygen atoms in total. The minimum Gasteiger partial charge on any atom is -0.452 e. The second kappa shape index (κ2) is 9.81. The van der Waals surface area contributed by atoms with Crippen molar-refractivity contribution >= 4 is 27.6 Å². The smallest absolute Gasteiger partial charge is 0.338 e. The number of esters is 1. The molecule has 2 N–H and O–H groups in total. The van der Waals surface area contributed by atoms with E-state index in [0.717, 1.165) is 18.2 Å². The van der Waals surface area contributed by atoms with Gasteiger partial charge >= 0.3 is 5.97 Å². The van der Waals surface area contributed by atoms with Crippen LogP contribution in [0.2, 0.25) is 0 Å². The Kier molecular flexibility index (Phi) is 7.47. The molecule has 0 atom stereocenters. The van der Waals surface area contributed by atoms with Gasteiger partial charge in [-0.1, -0.05) is 6.07 Å². The lowest BCUT2D eigenvalue weighted by Crippen LogP contribution is -2.31. The van der Waals surface area contributed by atoms with Crippen LogP contribution in [0.25, 0.3) is 0 Å². The van der Waals surface area contributed by atoms with Crippen LogP contribution in [0.3, 0.4) is 0 Å². The molecule has 28 heavy (non-hydrogen) atoms. The summed E-state index contributed by atoms with van der Waals surface area (Å²) < 4.78 is 49.8. The van der Waals surface area contributed by atoms with Crippen molar-refractivity contribution in [3.63, 3.8) is 0 Å². The molecule has 0 unspecified atom stereocenters. The summed E-state index contributed by atoms with van der Waals surface area (Å²) in [5.74, 6) is -1.85. The summed E-state index contributed by atoms with van der Waals surface area (Å²) in [6.07, 6.45) is 0. The fourth-order valence-corrected chi connectivity index (χ4v) is 3.18. The molecule has 0 spiro atoms. The first-order chi connectivity index (χ1) is 13.3. The Morgan fingerprint density at radius 1 is 1.11 bits per heavy atom. The third kappa shape index (κ3) is 6.32. The van der Waals surface area contributed by atoms with Gasteiger partial charge in [-0.05, 0) is 42.5 Å². The molecule has 10 heteroatoms. The van der Waals surface area contributed by atoms with Crippen LogP contribution in [-0.4, -0.2) is 47.2 Å². The van der Waals surface area contributed by atoms with Crippen LogP contribution in [0.1, 0.15) is 10.4 Å². The lowest BCUT2D eigenvalue weighted by atomic mass is 10.2. The maximum Gasteiger partial charge on any atom is 0.338 e. The highest BCUT2D eigenvalue weighted by Gasteiger charge is 2.18. The Labute approximate surface area is 161 Å². The van der Waals surface area contributed by atoms with Gasteiger partial charge in [-0.2, -0.15) is 0 Å². The lowest BCUT2D eigenvalue weighted by molar-refractivity contribution is -0.124. The molecule has 0 aromatic heterocycles. The van der Waals surface area contributed by atoms with E-state index in [2.05, 4.69) is 10.0 Å². The van der Waals surface area contributed by atoms with E-state index in [9.17, 15) is 22.4 Å². The number of halogens is 1. The Hall–Kier alpha value is -2.98. The molecule has 0 radical (unpaired) electrons. The van der Waals surface area contributed by atoms with Crippen molar-refractivity contribution in [2.45, 2.75) is 4.90 Å². The number of hydrogen-bond donors (Lipinski definition) is 2. The third-order valence-corrected chi connectivity index (χ3v) is 4.82. The summed E-state index contributed by atoms with van der Waals surface area (Å²) in [4.78, 5) is 23.4. The van der Waals surface area contributed by atoms with Gasteiger partial charge in [0.1, 0.15) is 5.82 Å². The predicted octanol–water partition coefficient (Wildman–Crippen LogP) is 1.55. The number of rotatable bonds is 9. The Bertz CT molecular complexity index is 931. The summed E-state index contributed by atoms with van der Waals surface area (Å²) in [7, 11) is -2.52. The van der Waals surface area contributed by atoms with Gasteiger partial charge in [0.2, 0.25) is 0 Å². The summed E-state index contributed by atoms with van der Waals surface area (Å²) in [5.41, 5.74) is 0.133. The van der Waals surface area contributed by atoms with Crippen molar-refractivity contribution in [1.29, 1.82) is 0 Å². The van der Waals surface area contributed by atoms with E-state index in [-0.39, 0.29) is 22.7 Å². The molecular weight excluding hydrogens is 391 g/mol. The average Bonchev–Trinajstić information content (AvgIpc) is 2.68. The second-order valence-electron chi connectivity index (χ2n) is 5.56. The van der Waals surface area contributed by atoms with Crippen LogP contribution in [0.15, 0.2) is 53.4 Å². The van der Waals surface area contributed by atoms with Crippen LogP contribution < -0.4 is 10.0 Å². The van der Waals surface area contributed by atoms with E-state index < -0.39 is 34.3 Å². The van der Waals surface area contributed by atoms with Gasteiger partial charge in [-0.3, -0.25) is 9.52 Å². The summed E-state index contributed by atoms with van der Waals surface area (Å²) in [5, 5.41) is 2.48. The van der Waals surface area contributed by atoms with Crippen LogP contribution >= 0.6 is 0 Å². The number of benzene rings is 2. The fraction of sp³-hybridized carbons (Fsp3) is 0.222. The SMILES string of the molecule is COCCNC(=O)COC(=O)c1cccc(S(=O)(=O)Nc2ccc(F)cc2)c1. The summed E-state index contributed by atoms with van der Waals surface area (Å²) in [6, 6.07) is 9.92. The van der Waals surface area contributed by atoms with Crippen molar-refractivity contribution in [3.8, 4) is 0 Å². The molecule has 0 bridgehead atoms. The number of amides is 1. The third-order valence-electron chi connectivity index (χ3n) is 3.44. The summed E-state index contributed by atoms with van der Waals surface area (Å²) >= 11 is 0. The molecular formula is C18H19FN2O6S. The number of carbonyl (C=O) groups excluding carboxylic acids is 2. The van der Waals surface area contributed by atoms with Gasteiger partial charge in [0.05, 0.1) is 17.1 Å². The lowest BCUT2D eigenvalue weighted by Gasteiger charge is -2.10. The first kappa shape index (κ1) is 21.3. The zero-order valence-electron chi connectivity index (χ0n) is 15.0. The number of hydrogen-bond acceptors (Lipinski definition) is 6. The Morgan fingerprint density at radius 3 is 2.50 bits per heavy atom. The fourth-order valence-electron chi connectivity index (χ4n) is 2.08. The van der Waals surface area contributed by atoms with E-state index in [1.807, 2.05) is 0 Å². The molecule has 0 heterocycles. The number of methoxy groups -OCH3 is 1. The largest absolute Gasteiger partial charge is 0.452 e. The van der Waals surface area contributed by atoms with Crippen LogP contribution in [0.4, 0.5) is 10.1 Å². The Morgan fingerprint density at radius 2 is 1.82 bits per heavy atom. The van der Waals surface area contributed by atoms with E-state index in [0.29, 0.717) is 6.61 Å². The molecule has 0 aliphatic heterocycles. The van der Waals surface area contributed by atoms with Crippen molar-refractivity contribution in [1.82, 2.24) is 5.32 Å². The Balaban J connectivity index is 2.03. The minimum atomic E-state index is -4.00. The summed E-state index contributed by atoms with van der Waals surface area (Å²) in [6.45, 7) is 0.0870. The highest BCUT2D eigenvalue weighted by molar-refractivity contribution is 7.92. The molecule has 0 fully saturated rings. The maximum absolute atomic E-state index is 12.9. The maximum atomic E-state index is 12.9. The number of carbonyl (C=O) groups is 2. The zero-order chi connectivity index (χ0) is 20.6. The molecule has 0 saturated heterocycles. The first-order valence-electron chi connectivity index (χ1n) is 8.13. The quantitative estimate of drug-likeness (QED) is 0.479. The molecule has 1 amide bonds. The highest BCUT2D eigenvalue weighted by atomic mass is 32.2. The zero-order valence-corrected chi connectivity index (χ0v) is 15.8. The highest BCUT2D eigenvalue weighted by Crippen LogP contribution is 2.18. The number of ether oxygens (including phenoxy) is 2. The number of nitrogens with one attached hydrogen (secondary N) is 2. The molecule has 150 valence electrons. The molecule has 2 aromatic rings. The van der Waals surface area contributed by atoms with Gasteiger partial charge in [-0.15, -0.1) is 0 Å². The van der Waals surface area contributed by atoms with E-state index in [1.54, 1.807) is 0 Å². The minimum absolute atomic E-state index is 0.0355. The molecule has 0 saturated carbocycles. The number of anilines is 1. The van der Waals surface area contributed by atoms with Gasteiger partial charge in [0.15, 0.2) is 6.61 Å².